The van der Waals surface area contributed by atoms with E-state index in [0.717, 1.165) is 0 Å². The Bertz CT molecular complexity index is 689. The minimum absolute atomic E-state index is 0.0629. The Balaban J connectivity index is 2.19. The van der Waals surface area contributed by atoms with Gasteiger partial charge in [0.1, 0.15) is 5.60 Å². The van der Waals surface area contributed by atoms with Crippen LogP contribution in [0.4, 0.5) is 11.4 Å². The third kappa shape index (κ3) is 3.37. The van der Waals surface area contributed by atoms with Gasteiger partial charge in [0.15, 0.2) is 0 Å². The highest BCUT2D eigenvalue weighted by atomic mass is 35.5. The fourth-order valence-electron chi connectivity index (χ4n) is 2.12. The molecule has 1 aromatic heterocycles. The second-order valence-corrected chi connectivity index (χ2v) is 5.81. The molecule has 2 aromatic rings. The van der Waals surface area contributed by atoms with E-state index in [1.54, 1.807) is 38.0 Å². The van der Waals surface area contributed by atoms with Gasteiger partial charge >= 0.3 is 0 Å². The Kier molecular flexibility index (Phi) is 4.39. The predicted molar refractivity (Wildman–Crippen MR) is 84.1 cm³/mol. The number of aryl methyl sites for hydroxylation is 2. The summed E-state index contributed by atoms with van der Waals surface area (Å²) in [6.45, 7) is 3.57. The smallest absolute Gasteiger partial charge is 0.271 e. The van der Waals surface area contributed by atoms with E-state index in [1.807, 2.05) is 0 Å². The summed E-state index contributed by atoms with van der Waals surface area (Å²) in [4.78, 5) is 10.3. The highest BCUT2D eigenvalue weighted by molar-refractivity contribution is 6.33. The number of halogens is 1. The molecule has 22 heavy (non-hydrogen) atoms. The minimum Gasteiger partial charge on any atom is -0.383 e. The summed E-state index contributed by atoms with van der Waals surface area (Å²) in [5, 5.41) is 28.6. The Labute approximate surface area is 132 Å². The van der Waals surface area contributed by atoms with Gasteiger partial charge < -0.3 is 10.4 Å². The van der Waals surface area contributed by atoms with E-state index in [4.69, 9.17) is 11.6 Å². The van der Waals surface area contributed by atoms with Crippen molar-refractivity contribution in [2.24, 2.45) is 7.05 Å². The molecule has 0 aliphatic rings. The number of hydrogen-bond acceptors (Lipinski definition) is 5. The van der Waals surface area contributed by atoms with Crippen LogP contribution in [0.2, 0.25) is 5.02 Å². The fourth-order valence-corrected chi connectivity index (χ4v) is 2.44. The zero-order chi connectivity index (χ0) is 16.5. The number of nitrogens with one attached hydrogen (secondary N) is 1. The monoisotopic (exact) mass is 324 g/mol. The van der Waals surface area contributed by atoms with E-state index in [0.29, 0.717) is 16.8 Å². The summed E-state index contributed by atoms with van der Waals surface area (Å²) >= 11 is 6.09. The number of nitro groups is 1. The molecule has 0 amide bonds. The molecule has 118 valence electrons. The van der Waals surface area contributed by atoms with Crippen molar-refractivity contribution >= 4 is 23.0 Å². The van der Waals surface area contributed by atoms with Gasteiger partial charge in [0.05, 0.1) is 21.8 Å². The second-order valence-electron chi connectivity index (χ2n) is 5.41. The zero-order valence-corrected chi connectivity index (χ0v) is 13.3. The quantitative estimate of drug-likeness (QED) is 0.651. The van der Waals surface area contributed by atoms with E-state index >= 15 is 0 Å². The Morgan fingerprint density at radius 2 is 2.23 bits per heavy atom. The van der Waals surface area contributed by atoms with Crippen molar-refractivity contribution in [2.45, 2.75) is 19.4 Å². The summed E-state index contributed by atoms with van der Waals surface area (Å²) < 4.78 is 1.61. The SMILES string of the molecule is Cc1cc([N+](=O)[O-])cc(Cl)c1NCC(C)(O)c1cnn(C)c1. The van der Waals surface area contributed by atoms with Crippen LogP contribution in [0.3, 0.4) is 0 Å². The topological polar surface area (TPSA) is 93.2 Å². The minimum atomic E-state index is -1.15. The van der Waals surface area contributed by atoms with Crippen LogP contribution in [0.5, 0.6) is 0 Å². The summed E-state index contributed by atoms with van der Waals surface area (Å²) in [5.74, 6) is 0. The molecular weight excluding hydrogens is 308 g/mol. The molecule has 0 aliphatic carbocycles. The predicted octanol–water partition coefficient (Wildman–Crippen LogP) is 2.61. The van der Waals surface area contributed by atoms with Gasteiger partial charge in [0, 0.05) is 37.5 Å². The lowest BCUT2D eigenvalue weighted by Gasteiger charge is -2.24. The summed E-state index contributed by atoms with van der Waals surface area (Å²) in [5.41, 5.74) is 0.661. The van der Waals surface area contributed by atoms with Crippen LogP contribution >= 0.6 is 11.6 Å². The standard InChI is InChI=1S/C14H17ClN4O3/c1-9-4-11(19(21)22)5-12(15)13(9)16-8-14(2,20)10-6-17-18(3)7-10/h4-7,16,20H,8H2,1-3H3. The molecule has 0 aliphatic heterocycles. The largest absolute Gasteiger partial charge is 0.383 e. The number of aromatic nitrogens is 2. The van der Waals surface area contributed by atoms with Gasteiger partial charge in [-0.15, -0.1) is 0 Å². The average Bonchev–Trinajstić information content (AvgIpc) is 2.85. The third-order valence-electron chi connectivity index (χ3n) is 3.42. The van der Waals surface area contributed by atoms with E-state index in [-0.39, 0.29) is 17.3 Å². The molecule has 0 saturated carbocycles. The maximum Gasteiger partial charge on any atom is 0.271 e. The second kappa shape index (κ2) is 5.94. The van der Waals surface area contributed by atoms with Crippen LogP contribution in [0.25, 0.3) is 0 Å². The van der Waals surface area contributed by atoms with Crippen molar-refractivity contribution in [3.63, 3.8) is 0 Å². The van der Waals surface area contributed by atoms with Crippen molar-refractivity contribution in [3.8, 4) is 0 Å². The van der Waals surface area contributed by atoms with Gasteiger partial charge in [-0.3, -0.25) is 14.8 Å². The number of nitro benzene ring substituents is 1. The fraction of sp³-hybridized carbons (Fsp3) is 0.357. The zero-order valence-electron chi connectivity index (χ0n) is 12.5. The first-order chi connectivity index (χ1) is 10.2. The number of aliphatic hydroxyl groups is 1. The molecule has 0 spiro atoms. The van der Waals surface area contributed by atoms with Gasteiger partial charge in [-0.05, 0) is 19.4 Å². The molecule has 0 radical (unpaired) electrons. The number of benzene rings is 1. The molecule has 7 nitrogen and oxygen atoms in total. The Morgan fingerprint density at radius 3 is 2.73 bits per heavy atom. The lowest BCUT2D eigenvalue weighted by atomic mass is 9.99. The normalized spacial score (nSPS) is 13.7. The number of nitrogens with zero attached hydrogens (tertiary/aromatic N) is 3. The third-order valence-corrected chi connectivity index (χ3v) is 3.72. The molecule has 1 atom stereocenters. The van der Waals surface area contributed by atoms with Gasteiger partial charge in [-0.2, -0.15) is 5.10 Å². The molecule has 2 rings (SSSR count). The first-order valence-corrected chi connectivity index (χ1v) is 6.98. The van der Waals surface area contributed by atoms with Crippen molar-refractivity contribution < 1.29 is 10.0 Å². The van der Waals surface area contributed by atoms with Crippen molar-refractivity contribution in [3.05, 3.63) is 50.8 Å². The molecule has 1 unspecified atom stereocenters. The highest BCUT2D eigenvalue weighted by Crippen LogP contribution is 2.32. The molecular formula is C14H17ClN4O3. The molecule has 8 heteroatoms. The van der Waals surface area contributed by atoms with Crippen molar-refractivity contribution in [1.82, 2.24) is 9.78 Å². The first-order valence-electron chi connectivity index (χ1n) is 6.60. The van der Waals surface area contributed by atoms with Crippen LogP contribution in [0.1, 0.15) is 18.1 Å². The lowest BCUT2D eigenvalue weighted by Crippen LogP contribution is -2.30. The van der Waals surface area contributed by atoms with E-state index in [9.17, 15) is 15.2 Å². The van der Waals surface area contributed by atoms with Crippen LogP contribution in [-0.4, -0.2) is 26.4 Å². The molecule has 2 N–H and O–H groups in total. The number of hydrogen-bond donors (Lipinski definition) is 2. The van der Waals surface area contributed by atoms with Gasteiger partial charge in [0.2, 0.25) is 0 Å². The summed E-state index contributed by atoms with van der Waals surface area (Å²) in [7, 11) is 1.77. The van der Waals surface area contributed by atoms with Gasteiger partial charge in [-0.1, -0.05) is 11.6 Å². The first kappa shape index (κ1) is 16.3. The maximum absolute atomic E-state index is 10.8. The summed E-state index contributed by atoms with van der Waals surface area (Å²) in [6.07, 6.45) is 3.32. The molecule has 0 bridgehead atoms. The molecule has 1 heterocycles. The number of anilines is 1. The molecule has 0 saturated heterocycles. The highest BCUT2D eigenvalue weighted by Gasteiger charge is 2.25. The van der Waals surface area contributed by atoms with Crippen LogP contribution < -0.4 is 5.32 Å². The van der Waals surface area contributed by atoms with E-state index < -0.39 is 10.5 Å². The Morgan fingerprint density at radius 1 is 1.55 bits per heavy atom. The van der Waals surface area contributed by atoms with Gasteiger partial charge in [0.25, 0.3) is 5.69 Å². The average molecular weight is 325 g/mol. The van der Waals surface area contributed by atoms with E-state index in [2.05, 4.69) is 10.4 Å². The maximum atomic E-state index is 10.8. The molecule has 1 aromatic carbocycles. The molecule has 0 fully saturated rings. The van der Waals surface area contributed by atoms with Crippen LogP contribution in [-0.2, 0) is 12.6 Å². The number of non-ortho nitro benzene ring substituents is 1. The van der Waals surface area contributed by atoms with Crippen molar-refractivity contribution in [1.29, 1.82) is 0 Å². The van der Waals surface area contributed by atoms with Crippen LogP contribution in [0.15, 0.2) is 24.5 Å². The van der Waals surface area contributed by atoms with Gasteiger partial charge in [-0.25, -0.2) is 0 Å². The Hall–Kier alpha value is -2.12. The lowest BCUT2D eigenvalue weighted by molar-refractivity contribution is -0.384. The number of rotatable bonds is 5. The van der Waals surface area contributed by atoms with Crippen LogP contribution in [0, 0.1) is 17.0 Å². The summed E-state index contributed by atoms with van der Waals surface area (Å²) in [6, 6.07) is 2.72. The van der Waals surface area contributed by atoms with Crippen molar-refractivity contribution in [2.75, 3.05) is 11.9 Å². The van der Waals surface area contributed by atoms with E-state index in [1.165, 1.54) is 12.1 Å².